The van der Waals surface area contributed by atoms with Crippen molar-refractivity contribution in [3.05, 3.63) is 78.1 Å². The van der Waals surface area contributed by atoms with Crippen molar-refractivity contribution in [3.63, 3.8) is 0 Å². The Morgan fingerprint density at radius 1 is 1.25 bits per heavy atom. The number of methoxy groups -OCH3 is 1. The Hall–Kier alpha value is -2.99. The first kappa shape index (κ1) is 22.2. The van der Waals surface area contributed by atoms with Gasteiger partial charge >= 0.3 is 0 Å². The van der Waals surface area contributed by atoms with Crippen LogP contribution in [-0.2, 0) is 4.79 Å². The third-order valence-corrected chi connectivity index (χ3v) is 6.37. The lowest BCUT2D eigenvalue weighted by molar-refractivity contribution is -0.134. The second-order valence-corrected chi connectivity index (χ2v) is 8.44. The standard InChI is InChI=1S/C26H30FN3O2/c1-3-15-29(22-8-4-5-9-22)18-26(31)30-25(19-11-13-21(27)14-12-19)17-24(28-30)20-7-6-10-23(16-20)32-2/h3,6-7,10-14,16,22,25H,1,4-5,8-9,15,17-18H2,2H3. The molecule has 1 aliphatic heterocycles. The monoisotopic (exact) mass is 435 g/mol. The Labute approximate surface area is 189 Å². The van der Waals surface area contributed by atoms with E-state index in [2.05, 4.69) is 11.5 Å². The fourth-order valence-electron chi connectivity index (χ4n) is 4.69. The van der Waals surface area contributed by atoms with Crippen LogP contribution in [-0.4, -0.2) is 47.8 Å². The van der Waals surface area contributed by atoms with Crippen molar-refractivity contribution in [1.29, 1.82) is 0 Å². The molecule has 2 aromatic carbocycles. The minimum absolute atomic E-state index is 0.0500. The number of nitrogens with zero attached hydrogens (tertiary/aromatic N) is 3. The van der Waals surface area contributed by atoms with E-state index in [0.29, 0.717) is 25.6 Å². The molecule has 1 atom stereocenters. The van der Waals surface area contributed by atoms with Gasteiger partial charge < -0.3 is 4.74 Å². The van der Waals surface area contributed by atoms with Gasteiger partial charge in [-0.05, 0) is 42.7 Å². The van der Waals surface area contributed by atoms with Crippen molar-refractivity contribution >= 4 is 11.6 Å². The molecule has 0 saturated heterocycles. The van der Waals surface area contributed by atoms with Crippen LogP contribution in [0.4, 0.5) is 4.39 Å². The van der Waals surface area contributed by atoms with Gasteiger partial charge in [-0.1, -0.05) is 43.2 Å². The summed E-state index contributed by atoms with van der Waals surface area (Å²) in [5, 5.41) is 6.34. The molecule has 32 heavy (non-hydrogen) atoms. The van der Waals surface area contributed by atoms with E-state index in [9.17, 15) is 9.18 Å². The van der Waals surface area contributed by atoms with Crippen LogP contribution in [0.1, 0.15) is 49.3 Å². The zero-order valence-electron chi connectivity index (χ0n) is 18.5. The summed E-state index contributed by atoms with van der Waals surface area (Å²) in [6, 6.07) is 14.2. The van der Waals surface area contributed by atoms with Crippen molar-refractivity contribution in [2.24, 2.45) is 5.10 Å². The van der Waals surface area contributed by atoms with Gasteiger partial charge in [0.2, 0.25) is 0 Å². The van der Waals surface area contributed by atoms with Crippen LogP contribution in [0.5, 0.6) is 5.75 Å². The van der Waals surface area contributed by atoms with Crippen LogP contribution in [0, 0.1) is 5.82 Å². The Bertz CT molecular complexity index is 983. The van der Waals surface area contributed by atoms with Crippen molar-refractivity contribution in [1.82, 2.24) is 9.91 Å². The van der Waals surface area contributed by atoms with Gasteiger partial charge in [0.1, 0.15) is 11.6 Å². The van der Waals surface area contributed by atoms with Gasteiger partial charge in [0.05, 0.1) is 25.4 Å². The number of hydrogen-bond acceptors (Lipinski definition) is 4. The molecule has 5 nitrogen and oxygen atoms in total. The highest BCUT2D eigenvalue weighted by Gasteiger charge is 2.35. The van der Waals surface area contributed by atoms with Gasteiger partial charge in [0.15, 0.2) is 0 Å². The largest absolute Gasteiger partial charge is 0.497 e. The fourth-order valence-corrected chi connectivity index (χ4v) is 4.69. The van der Waals surface area contributed by atoms with Gasteiger partial charge in [-0.15, -0.1) is 6.58 Å². The molecule has 0 aromatic heterocycles. The van der Waals surface area contributed by atoms with Gasteiger partial charge in [-0.3, -0.25) is 9.69 Å². The molecule has 1 heterocycles. The number of amides is 1. The summed E-state index contributed by atoms with van der Waals surface area (Å²) in [5.74, 6) is 0.398. The maximum absolute atomic E-state index is 13.5. The first-order chi connectivity index (χ1) is 15.6. The highest BCUT2D eigenvalue weighted by atomic mass is 19.1. The summed E-state index contributed by atoms with van der Waals surface area (Å²) in [4.78, 5) is 15.7. The Kier molecular flexibility index (Phi) is 7.00. The van der Waals surface area contributed by atoms with Crippen molar-refractivity contribution in [3.8, 4) is 5.75 Å². The molecule has 0 bridgehead atoms. The molecule has 0 radical (unpaired) electrons. The Balaban J connectivity index is 1.62. The third kappa shape index (κ3) is 4.91. The van der Waals surface area contributed by atoms with E-state index < -0.39 is 0 Å². The van der Waals surface area contributed by atoms with Crippen LogP contribution in [0.15, 0.2) is 66.3 Å². The fraction of sp³-hybridized carbons (Fsp3) is 0.385. The zero-order chi connectivity index (χ0) is 22.5. The summed E-state index contributed by atoms with van der Waals surface area (Å²) in [6.45, 7) is 4.85. The zero-order valence-corrected chi connectivity index (χ0v) is 18.5. The molecule has 1 fully saturated rings. The van der Waals surface area contributed by atoms with E-state index in [-0.39, 0.29) is 17.8 Å². The molecule has 2 aliphatic rings. The predicted molar refractivity (Wildman–Crippen MR) is 124 cm³/mol. The molecular weight excluding hydrogens is 405 g/mol. The smallest absolute Gasteiger partial charge is 0.257 e. The van der Waals surface area contributed by atoms with Gasteiger partial charge in [0.25, 0.3) is 5.91 Å². The lowest BCUT2D eigenvalue weighted by atomic mass is 9.98. The van der Waals surface area contributed by atoms with Gasteiger partial charge in [-0.25, -0.2) is 9.40 Å². The molecule has 168 valence electrons. The quantitative estimate of drug-likeness (QED) is 0.552. The molecule has 2 aromatic rings. The van der Waals surface area contributed by atoms with Crippen LogP contribution in [0.2, 0.25) is 0 Å². The number of halogens is 1. The minimum Gasteiger partial charge on any atom is -0.497 e. The number of ether oxygens (including phenoxy) is 1. The van der Waals surface area contributed by atoms with E-state index in [0.717, 1.165) is 35.4 Å². The number of hydrazone groups is 1. The molecule has 1 aliphatic carbocycles. The number of rotatable bonds is 8. The van der Waals surface area contributed by atoms with E-state index in [1.54, 1.807) is 24.3 Å². The minimum atomic E-state index is -0.294. The number of hydrogen-bond donors (Lipinski definition) is 0. The summed E-state index contributed by atoms with van der Waals surface area (Å²) in [6.07, 6.45) is 7.05. The average Bonchev–Trinajstić information content (AvgIpc) is 3.50. The maximum atomic E-state index is 13.5. The summed E-state index contributed by atoms with van der Waals surface area (Å²) in [5.41, 5.74) is 2.62. The lowest BCUT2D eigenvalue weighted by Crippen LogP contribution is -2.42. The molecule has 4 rings (SSSR count). The van der Waals surface area contributed by atoms with Gasteiger partial charge in [0, 0.05) is 24.6 Å². The second kappa shape index (κ2) is 10.1. The van der Waals surface area contributed by atoms with Crippen molar-refractivity contribution in [2.45, 2.75) is 44.2 Å². The first-order valence-corrected chi connectivity index (χ1v) is 11.2. The van der Waals surface area contributed by atoms with Crippen LogP contribution in [0.25, 0.3) is 0 Å². The predicted octanol–water partition coefficient (Wildman–Crippen LogP) is 4.94. The van der Waals surface area contributed by atoms with E-state index in [4.69, 9.17) is 9.84 Å². The molecule has 1 saturated carbocycles. The van der Waals surface area contributed by atoms with Crippen LogP contribution >= 0.6 is 0 Å². The van der Waals surface area contributed by atoms with Crippen LogP contribution < -0.4 is 4.74 Å². The Morgan fingerprint density at radius 2 is 2.00 bits per heavy atom. The first-order valence-electron chi connectivity index (χ1n) is 11.2. The Morgan fingerprint density at radius 3 is 2.69 bits per heavy atom. The number of carbonyl (C=O) groups excluding carboxylic acids is 1. The van der Waals surface area contributed by atoms with Crippen molar-refractivity contribution in [2.75, 3.05) is 20.2 Å². The molecule has 6 heteroatoms. The topological polar surface area (TPSA) is 45.1 Å². The molecule has 1 unspecified atom stereocenters. The normalized spacial score (nSPS) is 18.8. The highest BCUT2D eigenvalue weighted by Crippen LogP contribution is 2.34. The lowest BCUT2D eigenvalue weighted by Gasteiger charge is -2.30. The second-order valence-electron chi connectivity index (χ2n) is 8.44. The molecule has 0 N–H and O–H groups in total. The SMILES string of the molecule is C=CCN(CC(=O)N1N=C(c2cccc(OC)c2)CC1c1ccc(F)cc1)C1CCCC1. The maximum Gasteiger partial charge on any atom is 0.257 e. The van der Waals surface area contributed by atoms with E-state index in [1.807, 2.05) is 30.3 Å². The molecule has 0 spiro atoms. The summed E-state index contributed by atoms with van der Waals surface area (Å²) in [7, 11) is 1.63. The summed E-state index contributed by atoms with van der Waals surface area (Å²) >= 11 is 0. The third-order valence-electron chi connectivity index (χ3n) is 6.37. The van der Waals surface area contributed by atoms with E-state index >= 15 is 0 Å². The average molecular weight is 436 g/mol. The summed E-state index contributed by atoms with van der Waals surface area (Å²) < 4.78 is 18.9. The number of benzene rings is 2. The van der Waals surface area contributed by atoms with E-state index in [1.165, 1.54) is 25.0 Å². The van der Waals surface area contributed by atoms with Crippen molar-refractivity contribution < 1.29 is 13.9 Å². The molecule has 1 amide bonds. The molecular formula is C26H30FN3O2. The highest BCUT2D eigenvalue weighted by molar-refractivity contribution is 6.03. The van der Waals surface area contributed by atoms with Crippen LogP contribution in [0.3, 0.4) is 0 Å². The number of carbonyl (C=O) groups is 1. The van der Waals surface area contributed by atoms with Gasteiger partial charge in [-0.2, -0.15) is 5.10 Å².